The predicted octanol–water partition coefficient (Wildman–Crippen LogP) is 5.14. The van der Waals surface area contributed by atoms with E-state index in [0.29, 0.717) is 5.75 Å². The maximum atomic E-state index is 10.1. The molecule has 2 aromatic carbocycles. The van der Waals surface area contributed by atoms with Gasteiger partial charge < -0.3 is 5.11 Å². The Hall–Kier alpha value is -1.76. The fraction of sp³-hybridized carbons (Fsp3) is 0.333. The van der Waals surface area contributed by atoms with E-state index in [1.807, 2.05) is 42.5 Å². The molecule has 0 heterocycles. The monoisotopic (exact) mass is 254 g/mol. The van der Waals surface area contributed by atoms with Crippen molar-refractivity contribution in [2.45, 2.75) is 39.0 Å². The van der Waals surface area contributed by atoms with E-state index in [-0.39, 0.29) is 5.41 Å². The Balaban J connectivity index is 2.46. The molecule has 0 saturated heterocycles. The third-order valence-corrected chi connectivity index (χ3v) is 3.74. The molecule has 0 radical (unpaired) electrons. The van der Waals surface area contributed by atoms with Gasteiger partial charge in [0.1, 0.15) is 5.75 Å². The standard InChI is InChI=1S/C18H22O/c1-4-12-18(2,3)15-10-11-17(19)16(13-15)14-8-6-5-7-9-14/h5-11,13,19H,4,12H2,1-3H3. The lowest BCUT2D eigenvalue weighted by Crippen LogP contribution is -2.16. The highest BCUT2D eigenvalue weighted by Crippen LogP contribution is 2.35. The fourth-order valence-corrected chi connectivity index (χ4v) is 2.58. The van der Waals surface area contributed by atoms with Crippen LogP contribution in [0.15, 0.2) is 48.5 Å². The van der Waals surface area contributed by atoms with Crippen LogP contribution >= 0.6 is 0 Å². The van der Waals surface area contributed by atoms with Crippen molar-refractivity contribution >= 4 is 0 Å². The summed E-state index contributed by atoms with van der Waals surface area (Å²) in [7, 11) is 0. The summed E-state index contributed by atoms with van der Waals surface area (Å²) in [4.78, 5) is 0. The van der Waals surface area contributed by atoms with Crippen molar-refractivity contribution in [3.8, 4) is 16.9 Å². The Labute approximate surface area is 115 Å². The molecule has 0 saturated carbocycles. The SMILES string of the molecule is CCCC(C)(C)c1ccc(O)c(-c2ccccc2)c1. The van der Waals surface area contributed by atoms with Crippen molar-refractivity contribution < 1.29 is 5.11 Å². The molecule has 0 spiro atoms. The van der Waals surface area contributed by atoms with Crippen molar-refractivity contribution in [3.63, 3.8) is 0 Å². The lowest BCUT2D eigenvalue weighted by atomic mass is 9.79. The molecule has 0 aliphatic heterocycles. The van der Waals surface area contributed by atoms with E-state index in [1.54, 1.807) is 0 Å². The van der Waals surface area contributed by atoms with Crippen LogP contribution in [0.4, 0.5) is 0 Å². The molecule has 0 unspecified atom stereocenters. The number of rotatable bonds is 4. The molecule has 0 bridgehead atoms. The molecule has 100 valence electrons. The Morgan fingerprint density at radius 2 is 1.68 bits per heavy atom. The molecule has 0 amide bonds. The molecule has 0 fully saturated rings. The topological polar surface area (TPSA) is 20.2 Å². The second kappa shape index (κ2) is 5.48. The first-order chi connectivity index (χ1) is 9.04. The van der Waals surface area contributed by atoms with Crippen molar-refractivity contribution in [3.05, 3.63) is 54.1 Å². The molecule has 2 aromatic rings. The summed E-state index contributed by atoms with van der Waals surface area (Å²) in [5, 5.41) is 10.1. The summed E-state index contributed by atoms with van der Waals surface area (Å²) in [5.41, 5.74) is 3.41. The zero-order valence-corrected chi connectivity index (χ0v) is 12.0. The molecular weight excluding hydrogens is 232 g/mol. The van der Waals surface area contributed by atoms with Crippen LogP contribution in [-0.4, -0.2) is 5.11 Å². The van der Waals surface area contributed by atoms with Crippen LogP contribution in [0.25, 0.3) is 11.1 Å². The first-order valence-electron chi connectivity index (χ1n) is 6.93. The van der Waals surface area contributed by atoms with Gasteiger partial charge in [0.05, 0.1) is 0 Å². The summed E-state index contributed by atoms with van der Waals surface area (Å²) >= 11 is 0. The van der Waals surface area contributed by atoms with Gasteiger partial charge in [0.25, 0.3) is 0 Å². The van der Waals surface area contributed by atoms with Gasteiger partial charge in [-0.2, -0.15) is 0 Å². The molecule has 0 aromatic heterocycles. The molecular formula is C18H22O. The molecule has 1 N–H and O–H groups in total. The minimum Gasteiger partial charge on any atom is -0.507 e. The van der Waals surface area contributed by atoms with Crippen LogP contribution in [0.5, 0.6) is 5.75 Å². The number of phenolic OH excluding ortho intramolecular Hbond substituents is 1. The van der Waals surface area contributed by atoms with Gasteiger partial charge in [0, 0.05) is 5.56 Å². The highest BCUT2D eigenvalue weighted by Gasteiger charge is 2.20. The number of hydrogen-bond donors (Lipinski definition) is 1. The lowest BCUT2D eigenvalue weighted by Gasteiger charge is -2.25. The zero-order valence-electron chi connectivity index (χ0n) is 12.0. The van der Waals surface area contributed by atoms with E-state index in [9.17, 15) is 5.11 Å². The zero-order chi connectivity index (χ0) is 13.9. The van der Waals surface area contributed by atoms with Gasteiger partial charge >= 0.3 is 0 Å². The summed E-state index contributed by atoms with van der Waals surface area (Å²) < 4.78 is 0. The second-order valence-corrected chi connectivity index (χ2v) is 5.73. The number of phenols is 1. The first-order valence-corrected chi connectivity index (χ1v) is 6.93. The maximum Gasteiger partial charge on any atom is 0.123 e. The van der Waals surface area contributed by atoms with Gasteiger partial charge in [-0.05, 0) is 35.1 Å². The van der Waals surface area contributed by atoms with E-state index in [1.165, 1.54) is 5.56 Å². The van der Waals surface area contributed by atoms with Gasteiger partial charge in [0.2, 0.25) is 0 Å². The molecule has 0 atom stereocenters. The van der Waals surface area contributed by atoms with Crippen LogP contribution in [0.2, 0.25) is 0 Å². The van der Waals surface area contributed by atoms with E-state index in [4.69, 9.17) is 0 Å². The third kappa shape index (κ3) is 2.98. The van der Waals surface area contributed by atoms with Crippen LogP contribution < -0.4 is 0 Å². The Morgan fingerprint density at radius 3 is 2.32 bits per heavy atom. The summed E-state index contributed by atoms with van der Waals surface area (Å²) in [6.07, 6.45) is 2.31. The number of benzene rings is 2. The largest absolute Gasteiger partial charge is 0.507 e. The lowest BCUT2D eigenvalue weighted by molar-refractivity contribution is 0.464. The highest BCUT2D eigenvalue weighted by molar-refractivity contribution is 5.71. The average molecular weight is 254 g/mol. The molecule has 0 aliphatic carbocycles. The van der Waals surface area contributed by atoms with Gasteiger partial charge in [-0.15, -0.1) is 0 Å². The van der Waals surface area contributed by atoms with Crippen molar-refractivity contribution in [1.29, 1.82) is 0 Å². The molecule has 0 aliphatic rings. The Kier molecular flexibility index (Phi) is 3.94. The average Bonchev–Trinajstić information content (AvgIpc) is 2.40. The normalized spacial score (nSPS) is 11.5. The van der Waals surface area contributed by atoms with Crippen molar-refractivity contribution in [2.24, 2.45) is 0 Å². The van der Waals surface area contributed by atoms with Gasteiger partial charge in [-0.1, -0.05) is 63.6 Å². The Bertz CT molecular complexity index is 541. The first kappa shape index (κ1) is 13.7. The maximum absolute atomic E-state index is 10.1. The fourth-order valence-electron chi connectivity index (χ4n) is 2.58. The van der Waals surface area contributed by atoms with Crippen molar-refractivity contribution in [2.75, 3.05) is 0 Å². The minimum atomic E-state index is 0.145. The van der Waals surface area contributed by atoms with E-state index in [0.717, 1.165) is 24.0 Å². The quantitative estimate of drug-likeness (QED) is 0.801. The van der Waals surface area contributed by atoms with E-state index in [2.05, 4.69) is 26.8 Å². The molecule has 19 heavy (non-hydrogen) atoms. The van der Waals surface area contributed by atoms with Crippen LogP contribution in [0.1, 0.15) is 39.2 Å². The smallest absolute Gasteiger partial charge is 0.123 e. The second-order valence-electron chi connectivity index (χ2n) is 5.73. The number of hydrogen-bond acceptors (Lipinski definition) is 1. The molecule has 1 heteroatoms. The summed E-state index contributed by atoms with van der Waals surface area (Å²) in [6, 6.07) is 16.0. The van der Waals surface area contributed by atoms with Crippen molar-refractivity contribution in [1.82, 2.24) is 0 Å². The van der Waals surface area contributed by atoms with Gasteiger partial charge in [-0.3, -0.25) is 0 Å². The number of aromatic hydroxyl groups is 1. The molecule has 1 nitrogen and oxygen atoms in total. The Morgan fingerprint density at radius 1 is 1.00 bits per heavy atom. The van der Waals surface area contributed by atoms with Crippen LogP contribution in [0.3, 0.4) is 0 Å². The minimum absolute atomic E-state index is 0.145. The summed E-state index contributed by atoms with van der Waals surface area (Å²) in [5.74, 6) is 0.349. The third-order valence-electron chi connectivity index (χ3n) is 3.74. The van der Waals surface area contributed by atoms with E-state index >= 15 is 0 Å². The predicted molar refractivity (Wildman–Crippen MR) is 81.5 cm³/mol. The van der Waals surface area contributed by atoms with Crippen LogP contribution in [0, 0.1) is 0 Å². The molecule has 2 rings (SSSR count). The summed E-state index contributed by atoms with van der Waals surface area (Å²) in [6.45, 7) is 6.73. The van der Waals surface area contributed by atoms with Crippen LogP contribution in [-0.2, 0) is 5.41 Å². The van der Waals surface area contributed by atoms with Gasteiger partial charge in [-0.25, -0.2) is 0 Å². The highest BCUT2D eigenvalue weighted by atomic mass is 16.3. The van der Waals surface area contributed by atoms with E-state index < -0.39 is 0 Å². The van der Waals surface area contributed by atoms with Gasteiger partial charge in [0.15, 0.2) is 0 Å².